The molecule has 5 nitrogen and oxygen atoms in total. The van der Waals surface area contributed by atoms with E-state index >= 15 is 0 Å². The molecule has 2 N–H and O–H groups in total. The molecule has 5 heteroatoms. The summed E-state index contributed by atoms with van der Waals surface area (Å²) in [6.07, 6.45) is 4.68. The van der Waals surface area contributed by atoms with Crippen LogP contribution >= 0.6 is 0 Å². The van der Waals surface area contributed by atoms with Crippen molar-refractivity contribution in [3.8, 4) is 5.88 Å². The van der Waals surface area contributed by atoms with E-state index in [1.165, 1.54) is 31.5 Å². The molecule has 0 bridgehead atoms. The Morgan fingerprint density at radius 2 is 2.05 bits per heavy atom. The van der Waals surface area contributed by atoms with E-state index in [0.717, 1.165) is 19.1 Å². The molecule has 1 aromatic heterocycles. The Morgan fingerprint density at radius 1 is 1.30 bits per heavy atom. The van der Waals surface area contributed by atoms with Crippen molar-refractivity contribution in [1.82, 2.24) is 14.8 Å². The van der Waals surface area contributed by atoms with Crippen LogP contribution in [0.25, 0.3) is 0 Å². The summed E-state index contributed by atoms with van der Waals surface area (Å²) in [5.74, 6) is 0.656. The van der Waals surface area contributed by atoms with E-state index in [0.29, 0.717) is 12.4 Å². The van der Waals surface area contributed by atoms with Gasteiger partial charge < -0.3 is 10.5 Å². The molecular weight excluding hydrogens is 252 g/mol. The molecular formula is C15H24N4O. The molecule has 1 aromatic rings. The molecule has 1 aliphatic carbocycles. The third-order valence-electron chi connectivity index (χ3n) is 4.43. The zero-order valence-electron chi connectivity index (χ0n) is 12.2. The van der Waals surface area contributed by atoms with Crippen molar-refractivity contribution in [2.24, 2.45) is 5.73 Å². The minimum absolute atomic E-state index is 0.273. The molecule has 0 amide bonds. The van der Waals surface area contributed by atoms with Crippen LogP contribution in [0.3, 0.4) is 0 Å². The molecule has 2 aliphatic rings. The third-order valence-corrected chi connectivity index (χ3v) is 4.43. The highest BCUT2D eigenvalue weighted by molar-refractivity contribution is 5.21. The maximum absolute atomic E-state index is 6.00. The summed E-state index contributed by atoms with van der Waals surface area (Å²) in [7, 11) is 1.64. The zero-order chi connectivity index (χ0) is 13.9. The van der Waals surface area contributed by atoms with Gasteiger partial charge in [-0.1, -0.05) is 6.07 Å². The van der Waals surface area contributed by atoms with Gasteiger partial charge in [-0.25, -0.2) is 4.98 Å². The molecule has 2 fully saturated rings. The van der Waals surface area contributed by atoms with Crippen LogP contribution in [-0.2, 0) is 0 Å². The summed E-state index contributed by atoms with van der Waals surface area (Å²) in [5.41, 5.74) is 7.19. The molecule has 0 aromatic carbocycles. The number of hydrogen-bond acceptors (Lipinski definition) is 5. The highest BCUT2D eigenvalue weighted by Crippen LogP contribution is 2.29. The minimum atomic E-state index is 0.273. The van der Waals surface area contributed by atoms with Crippen LogP contribution in [0.4, 0.5) is 0 Å². The first-order valence-electron chi connectivity index (χ1n) is 7.50. The molecule has 1 atom stereocenters. The second-order valence-electron chi connectivity index (χ2n) is 5.69. The molecule has 1 unspecified atom stereocenters. The number of nitrogens with two attached hydrogens (primary N) is 1. The average molecular weight is 276 g/mol. The Kier molecular flexibility index (Phi) is 4.19. The van der Waals surface area contributed by atoms with E-state index in [9.17, 15) is 0 Å². The Labute approximate surface area is 120 Å². The van der Waals surface area contributed by atoms with Crippen molar-refractivity contribution in [2.75, 3.05) is 39.8 Å². The van der Waals surface area contributed by atoms with Gasteiger partial charge in [-0.2, -0.15) is 0 Å². The van der Waals surface area contributed by atoms with Crippen molar-refractivity contribution in [1.29, 1.82) is 0 Å². The van der Waals surface area contributed by atoms with Gasteiger partial charge in [0.25, 0.3) is 0 Å². The summed E-state index contributed by atoms with van der Waals surface area (Å²) < 4.78 is 5.11. The van der Waals surface area contributed by atoms with Crippen LogP contribution in [0, 0.1) is 0 Å². The monoisotopic (exact) mass is 276 g/mol. The van der Waals surface area contributed by atoms with Gasteiger partial charge in [-0.05, 0) is 18.4 Å². The standard InChI is InChI=1S/C15H24N4O/c1-20-15-5-2-12(11-17-15)14(10-16)19-8-6-18(7-9-19)13-3-4-13/h2,5,11,13-14H,3-4,6-10,16H2,1H3. The van der Waals surface area contributed by atoms with Crippen molar-refractivity contribution >= 4 is 0 Å². The lowest BCUT2D eigenvalue weighted by Crippen LogP contribution is -2.49. The van der Waals surface area contributed by atoms with Crippen molar-refractivity contribution in [2.45, 2.75) is 24.9 Å². The Bertz CT molecular complexity index is 424. The second-order valence-corrected chi connectivity index (χ2v) is 5.69. The highest BCUT2D eigenvalue weighted by Gasteiger charge is 2.32. The summed E-state index contributed by atoms with van der Waals surface area (Å²) in [5, 5.41) is 0. The number of nitrogens with zero attached hydrogens (tertiary/aromatic N) is 3. The van der Waals surface area contributed by atoms with Gasteiger partial charge in [0.05, 0.1) is 7.11 Å². The molecule has 1 aliphatic heterocycles. The van der Waals surface area contributed by atoms with Crippen LogP contribution in [0.2, 0.25) is 0 Å². The first-order valence-corrected chi connectivity index (χ1v) is 7.50. The normalized spacial score (nSPS) is 22.7. The van der Waals surface area contributed by atoms with E-state index in [4.69, 9.17) is 10.5 Å². The fourth-order valence-electron chi connectivity index (χ4n) is 3.06. The van der Waals surface area contributed by atoms with Crippen molar-refractivity contribution < 1.29 is 4.74 Å². The minimum Gasteiger partial charge on any atom is -0.481 e. The van der Waals surface area contributed by atoms with E-state index in [2.05, 4.69) is 20.9 Å². The SMILES string of the molecule is COc1ccc(C(CN)N2CCN(C3CC3)CC2)cn1. The molecule has 0 radical (unpaired) electrons. The quantitative estimate of drug-likeness (QED) is 0.865. The van der Waals surface area contributed by atoms with Gasteiger partial charge in [0, 0.05) is 57.1 Å². The summed E-state index contributed by atoms with van der Waals surface area (Å²) in [6, 6.07) is 5.14. The fraction of sp³-hybridized carbons (Fsp3) is 0.667. The maximum Gasteiger partial charge on any atom is 0.212 e. The predicted molar refractivity (Wildman–Crippen MR) is 78.8 cm³/mol. The van der Waals surface area contributed by atoms with Crippen molar-refractivity contribution in [3.63, 3.8) is 0 Å². The molecule has 1 saturated carbocycles. The number of piperazine rings is 1. The van der Waals surface area contributed by atoms with Crippen molar-refractivity contribution in [3.05, 3.63) is 23.9 Å². The average Bonchev–Trinajstić information content (AvgIpc) is 3.34. The topological polar surface area (TPSA) is 54.6 Å². The summed E-state index contributed by atoms with van der Waals surface area (Å²) in [4.78, 5) is 9.41. The van der Waals surface area contributed by atoms with Crippen LogP contribution in [0.5, 0.6) is 5.88 Å². The van der Waals surface area contributed by atoms with Crippen LogP contribution in [-0.4, -0.2) is 60.7 Å². The van der Waals surface area contributed by atoms with Crippen LogP contribution < -0.4 is 10.5 Å². The number of ether oxygens (including phenoxy) is 1. The van der Waals surface area contributed by atoms with Crippen LogP contribution in [0.15, 0.2) is 18.3 Å². The van der Waals surface area contributed by atoms with E-state index in [-0.39, 0.29) is 6.04 Å². The lowest BCUT2D eigenvalue weighted by molar-refractivity contribution is 0.0936. The Hall–Kier alpha value is -1.17. The molecule has 20 heavy (non-hydrogen) atoms. The van der Waals surface area contributed by atoms with E-state index in [1.807, 2.05) is 12.3 Å². The summed E-state index contributed by atoms with van der Waals surface area (Å²) in [6.45, 7) is 5.18. The van der Waals surface area contributed by atoms with E-state index < -0.39 is 0 Å². The summed E-state index contributed by atoms with van der Waals surface area (Å²) >= 11 is 0. The Balaban J connectivity index is 1.63. The molecule has 0 spiro atoms. The number of pyridine rings is 1. The first kappa shape index (κ1) is 13.8. The van der Waals surface area contributed by atoms with Gasteiger partial charge in [-0.3, -0.25) is 9.80 Å². The largest absolute Gasteiger partial charge is 0.481 e. The maximum atomic E-state index is 6.00. The fourth-order valence-corrected chi connectivity index (χ4v) is 3.06. The number of hydrogen-bond donors (Lipinski definition) is 1. The number of aromatic nitrogens is 1. The van der Waals surface area contributed by atoms with Gasteiger partial charge >= 0.3 is 0 Å². The number of rotatable bonds is 5. The van der Waals surface area contributed by atoms with E-state index in [1.54, 1.807) is 7.11 Å². The molecule has 3 rings (SSSR count). The highest BCUT2D eigenvalue weighted by atomic mass is 16.5. The Morgan fingerprint density at radius 3 is 2.55 bits per heavy atom. The van der Waals surface area contributed by atoms with Gasteiger partial charge in [0.15, 0.2) is 0 Å². The lowest BCUT2D eigenvalue weighted by Gasteiger charge is -2.39. The molecule has 1 saturated heterocycles. The van der Waals surface area contributed by atoms with Crippen LogP contribution in [0.1, 0.15) is 24.4 Å². The smallest absolute Gasteiger partial charge is 0.212 e. The van der Waals surface area contributed by atoms with Gasteiger partial charge in [0.2, 0.25) is 5.88 Å². The number of methoxy groups -OCH3 is 1. The molecule has 110 valence electrons. The lowest BCUT2D eigenvalue weighted by atomic mass is 10.1. The predicted octanol–water partition coefficient (Wildman–Crippen LogP) is 0.870. The third kappa shape index (κ3) is 2.95. The van der Waals surface area contributed by atoms with Gasteiger partial charge in [-0.15, -0.1) is 0 Å². The zero-order valence-corrected chi connectivity index (χ0v) is 12.2. The first-order chi connectivity index (χ1) is 9.81. The second kappa shape index (κ2) is 6.08. The van der Waals surface area contributed by atoms with Gasteiger partial charge in [0.1, 0.15) is 0 Å². The molecule has 2 heterocycles.